The van der Waals surface area contributed by atoms with E-state index in [9.17, 15) is 13.2 Å². The summed E-state index contributed by atoms with van der Waals surface area (Å²) in [6.45, 7) is 1.66. The van der Waals surface area contributed by atoms with Crippen LogP contribution >= 0.6 is 0 Å². The molecule has 104 valence electrons. The Kier molecular flexibility index (Phi) is 4.55. The van der Waals surface area contributed by atoms with Crippen molar-refractivity contribution in [3.05, 3.63) is 0 Å². The number of carbonyl (C=O) groups is 1. The highest BCUT2D eigenvalue weighted by Crippen LogP contribution is 2.28. The van der Waals surface area contributed by atoms with E-state index in [0.29, 0.717) is 0 Å². The summed E-state index contributed by atoms with van der Waals surface area (Å²) in [5, 5.41) is 10.2. The van der Waals surface area contributed by atoms with Crippen LogP contribution in [-0.2, 0) is 14.6 Å². The molecule has 0 aromatic heterocycles. The first-order valence-corrected chi connectivity index (χ1v) is 7.68. The lowest BCUT2D eigenvalue weighted by molar-refractivity contribution is -0.130. The van der Waals surface area contributed by atoms with Gasteiger partial charge in [0.15, 0.2) is 9.84 Å². The molecule has 0 aromatic rings. The van der Waals surface area contributed by atoms with Gasteiger partial charge in [0.05, 0.1) is 0 Å². The van der Waals surface area contributed by atoms with Gasteiger partial charge < -0.3 is 15.8 Å². The summed E-state index contributed by atoms with van der Waals surface area (Å²) >= 11 is 0. The largest absolute Gasteiger partial charge is 0.409 e. The molecule has 0 bridgehead atoms. The summed E-state index contributed by atoms with van der Waals surface area (Å²) in [5.41, 5.74) is 5.35. The number of amides is 1. The predicted molar refractivity (Wildman–Crippen MR) is 67.1 cm³/mol. The Labute approximate surface area is 107 Å². The van der Waals surface area contributed by atoms with Gasteiger partial charge in [0.25, 0.3) is 0 Å². The van der Waals surface area contributed by atoms with Crippen LogP contribution in [0, 0.1) is 0 Å². The highest BCUT2D eigenvalue weighted by atomic mass is 32.2. The van der Waals surface area contributed by atoms with Crippen molar-refractivity contribution < 1.29 is 18.4 Å². The Morgan fingerprint density at radius 3 is 2.50 bits per heavy atom. The van der Waals surface area contributed by atoms with E-state index in [1.165, 1.54) is 11.8 Å². The summed E-state index contributed by atoms with van der Waals surface area (Å²) in [4.78, 5) is 13.6. The second-order valence-electron chi connectivity index (χ2n) is 4.58. The van der Waals surface area contributed by atoms with Crippen molar-refractivity contribution in [2.45, 2.75) is 37.5 Å². The summed E-state index contributed by atoms with van der Waals surface area (Å²) < 4.78 is 22.8. The molecule has 1 aliphatic carbocycles. The lowest BCUT2D eigenvalue weighted by Gasteiger charge is -2.24. The number of hydrogen-bond donors (Lipinski definition) is 2. The molecule has 1 unspecified atom stereocenters. The summed E-state index contributed by atoms with van der Waals surface area (Å²) in [5.74, 6) is -0.383. The van der Waals surface area contributed by atoms with E-state index in [4.69, 9.17) is 10.9 Å². The van der Waals surface area contributed by atoms with Crippen molar-refractivity contribution in [3.63, 3.8) is 0 Å². The highest BCUT2D eigenvalue weighted by molar-refractivity contribution is 7.92. The van der Waals surface area contributed by atoms with Crippen LogP contribution in [-0.4, -0.2) is 54.4 Å². The molecule has 0 spiro atoms. The van der Waals surface area contributed by atoms with Gasteiger partial charge in [0.2, 0.25) is 5.91 Å². The zero-order valence-corrected chi connectivity index (χ0v) is 11.4. The van der Waals surface area contributed by atoms with Gasteiger partial charge in [0.1, 0.15) is 11.1 Å². The van der Waals surface area contributed by atoms with Gasteiger partial charge in [-0.3, -0.25) is 4.79 Å². The van der Waals surface area contributed by atoms with Gasteiger partial charge in [-0.05, 0) is 19.8 Å². The number of oxime groups is 1. The Balaban J connectivity index is 2.70. The molecule has 7 nitrogen and oxygen atoms in total. The minimum absolute atomic E-state index is 0.0282. The molecule has 1 atom stereocenters. The molecule has 0 saturated heterocycles. The van der Waals surface area contributed by atoms with Gasteiger partial charge >= 0.3 is 0 Å². The van der Waals surface area contributed by atoms with Gasteiger partial charge in [-0.15, -0.1) is 0 Å². The fraction of sp³-hybridized carbons (Fsp3) is 0.800. The Morgan fingerprint density at radius 1 is 1.56 bits per heavy atom. The number of amidine groups is 1. The normalized spacial score (nSPS) is 18.4. The Bertz CT molecular complexity index is 442. The zero-order valence-electron chi connectivity index (χ0n) is 10.5. The predicted octanol–water partition coefficient (Wildman–Crippen LogP) is -0.453. The maximum absolute atomic E-state index is 12.1. The summed E-state index contributed by atoms with van der Waals surface area (Å²) in [6.07, 6.45) is 3.02. The van der Waals surface area contributed by atoms with Crippen molar-refractivity contribution >= 4 is 21.6 Å². The second kappa shape index (κ2) is 5.55. The van der Waals surface area contributed by atoms with Crippen LogP contribution in [0.2, 0.25) is 0 Å². The first kappa shape index (κ1) is 14.7. The van der Waals surface area contributed by atoms with Crippen LogP contribution < -0.4 is 5.73 Å². The Hall–Kier alpha value is -1.31. The smallest absolute Gasteiger partial charge is 0.240 e. The Morgan fingerprint density at radius 2 is 2.11 bits per heavy atom. The van der Waals surface area contributed by atoms with Crippen molar-refractivity contribution in [3.8, 4) is 0 Å². The average Bonchev–Trinajstić information content (AvgIpc) is 3.10. The van der Waals surface area contributed by atoms with Gasteiger partial charge in [-0.1, -0.05) is 5.16 Å². The topological polar surface area (TPSA) is 113 Å². The molecule has 1 amide bonds. The van der Waals surface area contributed by atoms with E-state index in [0.717, 1.165) is 19.1 Å². The lowest BCUT2D eigenvalue weighted by Crippen LogP contribution is -2.43. The van der Waals surface area contributed by atoms with E-state index in [-0.39, 0.29) is 24.8 Å². The maximum Gasteiger partial charge on any atom is 0.240 e. The third-order valence-electron chi connectivity index (χ3n) is 3.00. The van der Waals surface area contributed by atoms with Crippen LogP contribution in [0.15, 0.2) is 5.16 Å². The van der Waals surface area contributed by atoms with Crippen LogP contribution in [0.5, 0.6) is 0 Å². The van der Waals surface area contributed by atoms with E-state index < -0.39 is 21.0 Å². The fourth-order valence-electron chi connectivity index (χ4n) is 1.56. The molecule has 1 fully saturated rings. The third kappa shape index (κ3) is 3.86. The van der Waals surface area contributed by atoms with Crippen LogP contribution in [0.3, 0.4) is 0 Å². The number of sulfone groups is 1. The molecule has 0 radical (unpaired) electrons. The molecule has 0 aromatic carbocycles. The molecule has 8 heteroatoms. The number of nitrogens with two attached hydrogens (primary N) is 1. The SMILES string of the molecule is CC(C(=O)N(CCC(N)=NO)C1CC1)S(C)(=O)=O. The monoisotopic (exact) mass is 277 g/mol. The first-order chi connectivity index (χ1) is 8.27. The average molecular weight is 277 g/mol. The summed E-state index contributed by atoms with van der Waals surface area (Å²) in [7, 11) is -3.40. The van der Waals surface area contributed by atoms with Crippen LogP contribution in [0.4, 0.5) is 0 Å². The second-order valence-corrected chi connectivity index (χ2v) is 6.94. The summed E-state index contributed by atoms with van der Waals surface area (Å²) in [6, 6.07) is 0.0909. The molecular weight excluding hydrogens is 258 g/mol. The van der Waals surface area contributed by atoms with Gasteiger partial charge in [-0.2, -0.15) is 0 Å². The minimum Gasteiger partial charge on any atom is -0.409 e. The maximum atomic E-state index is 12.1. The standard InChI is InChI=1S/C10H19N3O4S/c1-7(18(2,16)17)10(14)13(8-3-4-8)6-5-9(11)12-15/h7-8,15H,3-6H2,1-2H3,(H2,11,12). The van der Waals surface area contributed by atoms with E-state index in [2.05, 4.69) is 5.16 Å². The third-order valence-corrected chi connectivity index (χ3v) is 4.48. The van der Waals surface area contributed by atoms with E-state index >= 15 is 0 Å². The molecule has 3 N–H and O–H groups in total. The van der Waals surface area contributed by atoms with Crippen molar-refractivity contribution in [1.29, 1.82) is 0 Å². The number of carbonyl (C=O) groups excluding carboxylic acids is 1. The quantitative estimate of drug-likeness (QED) is 0.295. The van der Waals surface area contributed by atoms with Crippen LogP contribution in [0.1, 0.15) is 26.2 Å². The molecular formula is C10H19N3O4S. The van der Waals surface area contributed by atoms with Gasteiger partial charge in [-0.25, -0.2) is 8.42 Å². The lowest BCUT2D eigenvalue weighted by atomic mass is 10.3. The van der Waals surface area contributed by atoms with E-state index in [1.807, 2.05) is 0 Å². The number of hydrogen-bond acceptors (Lipinski definition) is 5. The molecule has 1 aliphatic rings. The highest BCUT2D eigenvalue weighted by Gasteiger charge is 2.37. The molecule has 0 heterocycles. The zero-order chi connectivity index (χ0) is 13.9. The fourth-order valence-corrected chi connectivity index (χ4v) is 2.06. The molecule has 1 rings (SSSR count). The van der Waals surface area contributed by atoms with Crippen molar-refractivity contribution in [2.24, 2.45) is 10.9 Å². The number of rotatable bonds is 6. The first-order valence-electron chi connectivity index (χ1n) is 5.73. The molecule has 18 heavy (non-hydrogen) atoms. The number of nitrogens with zero attached hydrogens (tertiary/aromatic N) is 2. The molecule has 1 saturated carbocycles. The van der Waals surface area contributed by atoms with Crippen molar-refractivity contribution in [2.75, 3.05) is 12.8 Å². The van der Waals surface area contributed by atoms with Crippen molar-refractivity contribution in [1.82, 2.24) is 4.90 Å². The van der Waals surface area contributed by atoms with Gasteiger partial charge in [0, 0.05) is 25.3 Å². The van der Waals surface area contributed by atoms with Crippen LogP contribution in [0.25, 0.3) is 0 Å². The minimum atomic E-state index is -3.40. The van der Waals surface area contributed by atoms with E-state index in [1.54, 1.807) is 0 Å². The molecule has 0 aliphatic heterocycles.